The fraction of sp³-hybridized carbons (Fsp3) is 0.533. The second-order valence-corrected chi connectivity index (χ2v) is 4.25. The Kier molecular flexibility index (Phi) is 6.38. The summed E-state index contributed by atoms with van der Waals surface area (Å²) in [7, 11) is 0. The lowest BCUT2D eigenvalue weighted by Crippen LogP contribution is -2.09. The van der Waals surface area contributed by atoms with Gasteiger partial charge >= 0.3 is 5.97 Å². The third kappa shape index (κ3) is 4.59. The van der Waals surface area contributed by atoms with Gasteiger partial charge in [-0.05, 0) is 30.9 Å². The predicted octanol–water partition coefficient (Wildman–Crippen LogP) is 3.99. The largest absolute Gasteiger partial charge is 0.462 e. The molecule has 0 aliphatic carbocycles. The van der Waals surface area contributed by atoms with E-state index in [0.29, 0.717) is 6.61 Å². The molecule has 2 heteroatoms. The summed E-state index contributed by atoms with van der Waals surface area (Å²) in [5, 5.41) is 0. The molecular weight excluding hydrogens is 212 g/mol. The summed E-state index contributed by atoms with van der Waals surface area (Å²) in [6.07, 6.45) is 5.18. The zero-order valence-electron chi connectivity index (χ0n) is 10.9. The summed E-state index contributed by atoms with van der Waals surface area (Å²) < 4.78 is 5.25. The first-order valence-electron chi connectivity index (χ1n) is 6.54. The highest BCUT2D eigenvalue weighted by Crippen LogP contribution is 2.13. The Balaban J connectivity index is 2.64. The first kappa shape index (κ1) is 13.8. The van der Waals surface area contributed by atoms with Crippen LogP contribution in [0.3, 0.4) is 0 Å². The zero-order valence-corrected chi connectivity index (χ0v) is 10.9. The van der Waals surface area contributed by atoms with Crippen molar-refractivity contribution in [2.24, 2.45) is 0 Å². The molecule has 0 fully saturated rings. The van der Waals surface area contributed by atoms with Gasteiger partial charge in [-0.3, -0.25) is 0 Å². The number of aryl methyl sites for hydroxylation is 1. The maximum absolute atomic E-state index is 11.9. The third-order valence-corrected chi connectivity index (χ3v) is 2.77. The smallest absolute Gasteiger partial charge is 0.338 e. The van der Waals surface area contributed by atoms with Gasteiger partial charge in [0.1, 0.15) is 0 Å². The summed E-state index contributed by atoms with van der Waals surface area (Å²) in [6, 6.07) is 7.75. The fourth-order valence-corrected chi connectivity index (χ4v) is 1.69. The first-order chi connectivity index (χ1) is 8.29. The molecule has 0 bridgehead atoms. The van der Waals surface area contributed by atoms with E-state index in [1.807, 2.05) is 24.3 Å². The van der Waals surface area contributed by atoms with Gasteiger partial charge in [-0.15, -0.1) is 0 Å². The second kappa shape index (κ2) is 7.88. The molecule has 0 saturated carbocycles. The topological polar surface area (TPSA) is 26.3 Å². The van der Waals surface area contributed by atoms with Crippen molar-refractivity contribution in [1.29, 1.82) is 0 Å². The predicted molar refractivity (Wildman–Crippen MR) is 70.2 cm³/mol. The average molecular weight is 234 g/mol. The Morgan fingerprint density at radius 2 is 1.82 bits per heavy atom. The number of carbonyl (C=O) groups is 1. The maximum atomic E-state index is 11.9. The minimum Gasteiger partial charge on any atom is -0.462 e. The van der Waals surface area contributed by atoms with Crippen molar-refractivity contribution in [3.05, 3.63) is 35.4 Å². The highest BCUT2D eigenvalue weighted by atomic mass is 16.5. The standard InChI is InChI=1S/C15H22O2/c1-3-5-9-13-10-7-8-11-14(13)15(16)17-12-6-4-2/h7-8,10-11H,3-6,9,12H2,1-2H3. The quantitative estimate of drug-likeness (QED) is 0.527. The lowest BCUT2D eigenvalue weighted by atomic mass is 10.0. The average Bonchev–Trinajstić information content (AvgIpc) is 2.37. The van der Waals surface area contributed by atoms with E-state index in [4.69, 9.17) is 4.74 Å². The maximum Gasteiger partial charge on any atom is 0.338 e. The molecule has 1 aromatic carbocycles. The van der Waals surface area contributed by atoms with Gasteiger partial charge in [0, 0.05) is 0 Å². The van der Waals surface area contributed by atoms with E-state index >= 15 is 0 Å². The number of ether oxygens (including phenoxy) is 1. The second-order valence-electron chi connectivity index (χ2n) is 4.25. The molecule has 0 spiro atoms. The number of esters is 1. The monoisotopic (exact) mass is 234 g/mol. The van der Waals surface area contributed by atoms with Crippen LogP contribution in [0.5, 0.6) is 0 Å². The van der Waals surface area contributed by atoms with Gasteiger partial charge in [-0.2, -0.15) is 0 Å². The van der Waals surface area contributed by atoms with Crippen molar-refractivity contribution >= 4 is 5.97 Å². The molecule has 0 aromatic heterocycles. The number of carbonyl (C=O) groups excluding carboxylic acids is 1. The summed E-state index contributed by atoms with van der Waals surface area (Å²) >= 11 is 0. The molecule has 0 aliphatic heterocycles. The molecule has 0 saturated heterocycles. The van der Waals surface area contributed by atoms with Crippen molar-refractivity contribution < 1.29 is 9.53 Å². The van der Waals surface area contributed by atoms with E-state index in [2.05, 4.69) is 13.8 Å². The van der Waals surface area contributed by atoms with E-state index in [-0.39, 0.29) is 5.97 Å². The summed E-state index contributed by atoms with van der Waals surface area (Å²) in [6.45, 7) is 4.77. The van der Waals surface area contributed by atoms with Crippen LogP contribution in [0, 0.1) is 0 Å². The van der Waals surface area contributed by atoms with E-state index in [9.17, 15) is 4.79 Å². The Morgan fingerprint density at radius 1 is 1.12 bits per heavy atom. The van der Waals surface area contributed by atoms with Gasteiger partial charge in [0.15, 0.2) is 0 Å². The van der Waals surface area contributed by atoms with Gasteiger partial charge in [-0.1, -0.05) is 44.9 Å². The lowest BCUT2D eigenvalue weighted by Gasteiger charge is -2.08. The van der Waals surface area contributed by atoms with Crippen LogP contribution in [0.15, 0.2) is 24.3 Å². The van der Waals surface area contributed by atoms with E-state index in [1.54, 1.807) is 0 Å². The Morgan fingerprint density at radius 3 is 2.53 bits per heavy atom. The molecule has 0 aliphatic rings. The van der Waals surface area contributed by atoms with Crippen LogP contribution >= 0.6 is 0 Å². The zero-order chi connectivity index (χ0) is 12.5. The highest BCUT2D eigenvalue weighted by Gasteiger charge is 2.11. The van der Waals surface area contributed by atoms with Gasteiger partial charge < -0.3 is 4.74 Å². The van der Waals surface area contributed by atoms with E-state index in [1.165, 1.54) is 0 Å². The van der Waals surface area contributed by atoms with Crippen molar-refractivity contribution in [3.63, 3.8) is 0 Å². The minimum absolute atomic E-state index is 0.176. The molecule has 1 aromatic rings. The molecule has 1 rings (SSSR count). The van der Waals surface area contributed by atoms with Crippen LogP contribution in [-0.4, -0.2) is 12.6 Å². The van der Waals surface area contributed by atoms with Crippen LogP contribution < -0.4 is 0 Å². The van der Waals surface area contributed by atoms with Crippen molar-refractivity contribution in [3.8, 4) is 0 Å². The molecule has 0 amide bonds. The number of unbranched alkanes of at least 4 members (excludes halogenated alkanes) is 2. The molecule has 0 heterocycles. The molecular formula is C15H22O2. The van der Waals surface area contributed by atoms with Crippen LogP contribution in [0.25, 0.3) is 0 Å². The van der Waals surface area contributed by atoms with Gasteiger partial charge in [0.2, 0.25) is 0 Å². The van der Waals surface area contributed by atoms with Crippen molar-refractivity contribution in [2.45, 2.75) is 46.0 Å². The number of rotatable bonds is 7. The Labute approximate surface area is 104 Å². The first-order valence-corrected chi connectivity index (χ1v) is 6.54. The van der Waals surface area contributed by atoms with Crippen LogP contribution in [0.4, 0.5) is 0 Å². The summed E-state index contributed by atoms with van der Waals surface area (Å²) in [5.74, 6) is -0.176. The SMILES string of the molecule is CCCCOC(=O)c1ccccc1CCCC. The van der Waals surface area contributed by atoms with Gasteiger partial charge in [-0.25, -0.2) is 4.79 Å². The van der Waals surface area contributed by atoms with Crippen molar-refractivity contribution in [2.75, 3.05) is 6.61 Å². The third-order valence-electron chi connectivity index (χ3n) is 2.77. The van der Waals surface area contributed by atoms with Gasteiger partial charge in [0.25, 0.3) is 0 Å². The van der Waals surface area contributed by atoms with Crippen LogP contribution in [-0.2, 0) is 11.2 Å². The number of benzene rings is 1. The molecule has 17 heavy (non-hydrogen) atoms. The normalized spacial score (nSPS) is 10.2. The number of hydrogen-bond acceptors (Lipinski definition) is 2. The fourth-order valence-electron chi connectivity index (χ4n) is 1.69. The Bertz CT molecular complexity index is 345. The van der Waals surface area contributed by atoms with Crippen molar-refractivity contribution in [1.82, 2.24) is 0 Å². The molecule has 94 valence electrons. The van der Waals surface area contributed by atoms with E-state index < -0.39 is 0 Å². The van der Waals surface area contributed by atoms with Crippen LogP contribution in [0.1, 0.15) is 55.5 Å². The molecule has 0 unspecified atom stereocenters. The lowest BCUT2D eigenvalue weighted by molar-refractivity contribution is 0.0498. The summed E-state index contributed by atoms with van der Waals surface area (Å²) in [4.78, 5) is 11.9. The molecule has 0 N–H and O–H groups in total. The number of hydrogen-bond donors (Lipinski definition) is 0. The molecule has 2 nitrogen and oxygen atoms in total. The molecule has 0 atom stereocenters. The Hall–Kier alpha value is -1.31. The highest BCUT2D eigenvalue weighted by molar-refractivity contribution is 5.91. The van der Waals surface area contributed by atoms with Gasteiger partial charge in [0.05, 0.1) is 12.2 Å². The molecule has 0 radical (unpaired) electrons. The van der Waals surface area contributed by atoms with Crippen LogP contribution in [0.2, 0.25) is 0 Å². The minimum atomic E-state index is -0.176. The summed E-state index contributed by atoms with van der Waals surface area (Å²) in [5.41, 5.74) is 1.84. The van der Waals surface area contributed by atoms with E-state index in [0.717, 1.165) is 43.2 Å².